The Balaban J connectivity index is 1.58. The molecule has 5 nitrogen and oxygen atoms in total. The first-order valence-corrected chi connectivity index (χ1v) is 9.44. The molecule has 0 fully saturated rings. The number of aryl methyl sites for hydroxylation is 1. The predicted molar refractivity (Wildman–Crippen MR) is 108 cm³/mol. The van der Waals surface area contributed by atoms with E-state index in [-0.39, 0.29) is 11.9 Å². The van der Waals surface area contributed by atoms with Gasteiger partial charge in [-0.3, -0.25) is 9.78 Å². The standard InChI is InChI=1S/C23H22N2O3/c1-14-12-19(18-9-5-6-10-20(18)24-14)23(27)28-16(3)22(26)25-15(2)13-17-8-4-7-11-21(17)25/h4-12,15-16H,13H2,1-3H3/t15-,16+/m1/s1. The molecule has 0 radical (unpaired) electrons. The minimum atomic E-state index is -0.881. The molecule has 4 rings (SSSR count). The van der Waals surface area contributed by atoms with Crippen LogP contribution in [0.5, 0.6) is 0 Å². The van der Waals surface area contributed by atoms with Crippen molar-refractivity contribution < 1.29 is 14.3 Å². The molecule has 0 spiro atoms. The van der Waals surface area contributed by atoms with Crippen LogP contribution in [0.15, 0.2) is 54.6 Å². The molecule has 0 aliphatic carbocycles. The zero-order valence-electron chi connectivity index (χ0n) is 16.2. The van der Waals surface area contributed by atoms with Gasteiger partial charge in [-0.25, -0.2) is 4.79 Å². The highest BCUT2D eigenvalue weighted by atomic mass is 16.5. The third-order valence-electron chi connectivity index (χ3n) is 5.14. The van der Waals surface area contributed by atoms with Gasteiger partial charge in [-0.2, -0.15) is 0 Å². The van der Waals surface area contributed by atoms with Crippen LogP contribution >= 0.6 is 0 Å². The highest BCUT2D eigenvalue weighted by Crippen LogP contribution is 2.32. The molecular weight excluding hydrogens is 352 g/mol. The topological polar surface area (TPSA) is 59.5 Å². The Morgan fingerprint density at radius 3 is 2.68 bits per heavy atom. The number of carbonyl (C=O) groups excluding carboxylic acids is 2. The number of hydrogen-bond donors (Lipinski definition) is 0. The Morgan fingerprint density at radius 1 is 1.14 bits per heavy atom. The summed E-state index contributed by atoms with van der Waals surface area (Å²) < 4.78 is 5.58. The number of rotatable bonds is 3. The zero-order valence-corrected chi connectivity index (χ0v) is 16.2. The van der Waals surface area contributed by atoms with Crippen molar-refractivity contribution in [2.45, 2.75) is 39.3 Å². The number of para-hydroxylation sites is 2. The van der Waals surface area contributed by atoms with E-state index in [2.05, 4.69) is 4.98 Å². The Bertz CT molecular complexity index is 1080. The van der Waals surface area contributed by atoms with Crippen molar-refractivity contribution in [1.29, 1.82) is 0 Å². The summed E-state index contributed by atoms with van der Waals surface area (Å²) in [6.07, 6.45) is -0.0788. The second-order valence-electron chi connectivity index (χ2n) is 7.27. The molecule has 2 aromatic carbocycles. The van der Waals surface area contributed by atoms with Crippen molar-refractivity contribution in [2.75, 3.05) is 4.90 Å². The van der Waals surface area contributed by atoms with E-state index in [0.717, 1.165) is 34.3 Å². The molecule has 0 saturated heterocycles. The number of aromatic nitrogens is 1. The first-order valence-electron chi connectivity index (χ1n) is 9.44. The lowest BCUT2D eigenvalue weighted by Crippen LogP contribution is -2.43. The average Bonchev–Trinajstić information content (AvgIpc) is 3.02. The number of pyridine rings is 1. The smallest absolute Gasteiger partial charge is 0.339 e. The van der Waals surface area contributed by atoms with Gasteiger partial charge in [0.05, 0.1) is 11.1 Å². The van der Waals surface area contributed by atoms with Gasteiger partial charge >= 0.3 is 5.97 Å². The second-order valence-corrected chi connectivity index (χ2v) is 7.27. The fourth-order valence-electron chi connectivity index (χ4n) is 3.85. The van der Waals surface area contributed by atoms with Crippen LogP contribution in [-0.2, 0) is 16.0 Å². The number of anilines is 1. The van der Waals surface area contributed by atoms with Crippen molar-refractivity contribution in [3.05, 3.63) is 71.4 Å². The van der Waals surface area contributed by atoms with E-state index >= 15 is 0 Å². The largest absolute Gasteiger partial charge is 0.449 e. The minimum absolute atomic E-state index is 0.0371. The van der Waals surface area contributed by atoms with Crippen LogP contribution in [-0.4, -0.2) is 29.0 Å². The lowest BCUT2D eigenvalue weighted by Gasteiger charge is -2.26. The third kappa shape index (κ3) is 3.13. The van der Waals surface area contributed by atoms with Crippen LogP contribution in [0.2, 0.25) is 0 Å². The van der Waals surface area contributed by atoms with Gasteiger partial charge in [0.25, 0.3) is 5.91 Å². The molecule has 1 aliphatic heterocycles. The summed E-state index contributed by atoms with van der Waals surface area (Å²) in [5.74, 6) is -0.719. The summed E-state index contributed by atoms with van der Waals surface area (Å²) in [4.78, 5) is 32.1. The normalized spacial score (nSPS) is 16.7. The lowest BCUT2D eigenvalue weighted by molar-refractivity contribution is -0.126. The number of benzene rings is 2. The number of esters is 1. The highest BCUT2D eigenvalue weighted by molar-refractivity contribution is 6.05. The fraction of sp³-hybridized carbons (Fsp3) is 0.261. The van der Waals surface area contributed by atoms with Crippen LogP contribution < -0.4 is 4.90 Å². The van der Waals surface area contributed by atoms with Gasteiger partial charge in [-0.05, 0) is 51.0 Å². The van der Waals surface area contributed by atoms with Gasteiger partial charge in [0, 0.05) is 22.8 Å². The van der Waals surface area contributed by atoms with E-state index in [0.29, 0.717) is 5.56 Å². The van der Waals surface area contributed by atoms with Crippen LogP contribution in [0.25, 0.3) is 10.9 Å². The number of fused-ring (bicyclic) bond motifs is 2. The van der Waals surface area contributed by atoms with E-state index in [4.69, 9.17) is 4.74 Å². The first kappa shape index (κ1) is 18.2. The second kappa shape index (κ2) is 7.08. The fourth-order valence-corrected chi connectivity index (χ4v) is 3.85. The van der Waals surface area contributed by atoms with Crippen molar-refractivity contribution in [1.82, 2.24) is 4.98 Å². The molecule has 142 valence electrons. The van der Waals surface area contributed by atoms with E-state index in [1.807, 2.05) is 62.4 Å². The molecule has 0 N–H and O–H groups in total. The van der Waals surface area contributed by atoms with Crippen LogP contribution in [0.4, 0.5) is 5.69 Å². The van der Waals surface area contributed by atoms with Crippen LogP contribution in [0.3, 0.4) is 0 Å². The van der Waals surface area contributed by atoms with Crippen molar-refractivity contribution >= 4 is 28.5 Å². The van der Waals surface area contributed by atoms with E-state index in [1.165, 1.54) is 0 Å². The monoisotopic (exact) mass is 374 g/mol. The maximum atomic E-state index is 13.1. The van der Waals surface area contributed by atoms with Gasteiger partial charge in [-0.15, -0.1) is 0 Å². The SMILES string of the molecule is Cc1cc(C(=O)O[C@@H](C)C(=O)N2c3ccccc3C[C@H]2C)c2ccccc2n1. The lowest BCUT2D eigenvalue weighted by atomic mass is 10.1. The molecule has 0 bridgehead atoms. The summed E-state index contributed by atoms with van der Waals surface area (Å²) in [7, 11) is 0. The third-order valence-corrected chi connectivity index (χ3v) is 5.14. The molecule has 0 unspecified atom stereocenters. The Kier molecular flexibility index (Phi) is 4.59. The summed E-state index contributed by atoms with van der Waals surface area (Å²) in [6, 6.07) is 17.0. The van der Waals surface area contributed by atoms with E-state index in [9.17, 15) is 9.59 Å². The molecular formula is C23H22N2O3. The summed E-state index contributed by atoms with van der Waals surface area (Å²) in [6.45, 7) is 5.47. The predicted octanol–water partition coefficient (Wildman–Crippen LogP) is 4.07. The van der Waals surface area contributed by atoms with Gasteiger partial charge < -0.3 is 9.64 Å². The number of amides is 1. The molecule has 1 aliphatic rings. The number of ether oxygens (including phenoxy) is 1. The van der Waals surface area contributed by atoms with Crippen molar-refractivity contribution in [3.8, 4) is 0 Å². The molecule has 5 heteroatoms. The van der Waals surface area contributed by atoms with Crippen molar-refractivity contribution in [2.24, 2.45) is 0 Å². The molecule has 2 heterocycles. The van der Waals surface area contributed by atoms with Gasteiger partial charge in [-0.1, -0.05) is 36.4 Å². The number of carbonyl (C=O) groups is 2. The molecule has 28 heavy (non-hydrogen) atoms. The highest BCUT2D eigenvalue weighted by Gasteiger charge is 2.34. The number of hydrogen-bond acceptors (Lipinski definition) is 4. The van der Waals surface area contributed by atoms with Gasteiger partial charge in [0.1, 0.15) is 0 Å². The summed E-state index contributed by atoms with van der Waals surface area (Å²) >= 11 is 0. The molecule has 1 aromatic heterocycles. The minimum Gasteiger partial charge on any atom is -0.449 e. The Morgan fingerprint density at radius 2 is 1.86 bits per heavy atom. The molecule has 1 amide bonds. The zero-order chi connectivity index (χ0) is 19.8. The van der Waals surface area contributed by atoms with Crippen LogP contribution in [0.1, 0.15) is 35.5 Å². The van der Waals surface area contributed by atoms with Crippen molar-refractivity contribution in [3.63, 3.8) is 0 Å². The number of nitrogens with zero attached hydrogens (tertiary/aromatic N) is 2. The van der Waals surface area contributed by atoms with Crippen LogP contribution in [0, 0.1) is 6.92 Å². The first-order chi connectivity index (χ1) is 13.5. The maximum Gasteiger partial charge on any atom is 0.339 e. The van der Waals surface area contributed by atoms with Gasteiger partial charge in [0.15, 0.2) is 6.10 Å². The summed E-state index contributed by atoms with van der Waals surface area (Å²) in [5, 5.41) is 0.720. The molecule has 3 aromatic rings. The maximum absolute atomic E-state index is 13.1. The van der Waals surface area contributed by atoms with Gasteiger partial charge in [0.2, 0.25) is 0 Å². The summed E-state index contributed by atoms with van der Waals surface area (Å²) in [5.41, 5.74) is 3.92. The van der Waals surface area contributed by atoms with E-state index < -0.39 is 12.1 Å². The Hall–Kier alpha value is -3.21. The average molecular weight is 374 g/mol. The Labute approximate surface area is 163 Å². The molecule has 0 saturated carbocycles. The van der Waals surface area contributed by atoms with E-state index in [1.54, 1.807) is 17.9 Å². The quantitative estimate of drug-likeness (QED) is 0.649. The molecule has 2 atom stereocenters.